The topological polar surface area (TPSA) is 28.2 Å². The fourth-order valence-corrected chi connectivity index (χ4v) is 2.34. The molecule has 0 bridgehead atoms. The largest absolute Gasteiger partial charge is 0.312 e. The number of rotatable bonds is 10. The lowest BCUT2D eigenvalue weighted by Crippen LogP contribution is -2.44. The Bertz CT molecular complexity index is 339. The molecule has 1 heterocycles. The second kappa shape index (κ2) is 9.89. The first-order chi connectivity index (χ1) is 9.67. The number of hydrogen-bond donors (Lipinski definition) is 1. The Balaban J connectivity index is 2.38. The molecule has 1 N–H and O–H groups in total. The quantitative estimate of drug-likeness (QED) is 0.712. The lowest BCUT2D eigenvalue weighted by Gasteiger charge is -2.29. The molecule has 1 aromatic heterocycles. The molecule has 114 valence electrons. The van der Waals surface area contributed by atoms with E-state index in [9.17, 15) is 0 Å². The molecule has 0 aliphatic carbocycles. The zero-order chi connectivity index (χ0) is 14.8. The minimum Gasteiger partial charge on any atom is -0.312 e. The number of nitrogens with one attached hydrogen (secondary N) is 1. The molecule has 3 nitrogen and oxygen atoms in total. The molecule has 20 heavy (non-hydrogen) atoms. The van der Waals surface area contributed by atoms with Crippen LogP contribution in [0.25, 0.3) is 0 Å². The molecule has 0 saturated heterocycles. The third-order valence-corrected chi connectivity index (χ3v) is 3.97. The van der Waals surface area contributed by atoms with Crippen molar-refractivity contribution in [3.8, 4) is 0 Å². The summed E-state index contributed by atoms with van der Waals surface area (Å²) in [4.78, 5) is 6.81. The van der Waals surface area contributed by atoms with Crippen LogP contribution < -0.4 is 5.32 Å². The summed E-state index contributed by atoms with van der Waals surface area (Å²) in [5, 5.41) is 3.69. The van der Waals surface area contributed by atoms with Crippen LogP contribution in [0.2, 0.25) is 0 Å². The van der Waals surface area contributed by atoms with Gasteiger partial charge < -0.3 is 10.2 Å². The molecule has 2 atom stereocenters. The Morgan fingerprint density at radius 1 is 1.30 bits per heavy atom. The maximum Gasteiger partial charge on any atom is 0.0416 e. The summed E-state index contributed by atoms with van der Waals surface area (Å²) in [7, 11) is 2.21. The SMILES string of the molecule is CCCNC(CN(C)CCc1ccccn1)C(C)CC. The molecule has 1 rings (SSSR count). The molecule has 0 aliphatic rings. The summed E-state index contributed by atoms with van der Waals surface area (Å²) >= 11 is 0. The Hall–Kier alpha value is -0.930. The second-order valence-electron chi connectivity index (χ2n) is 5.78. The summed E-state index contributed by atoms with van der Waals surface area (Å²) in [5.74, 6) is 0.721. The van der Waals surface area contributed by atoms with Crippen molar-refractivity contribution in [2.24, 2.45) is 5.92 Å². The summed E-state index contributed by atoms with van der Waals surface area (Å²) in [6.45, 7) is 10.1. The fourth-order valence-electron chi connectivity index (χ4n) is 2.34. The summed E-state index contributed by atoms with van der Waals surface area (Å²) in [6.07, 6.45) is 5.33. The van der Waals surface area contributed by atoms with Gasteiger partial charge in [0.1, 0.15) is 0 Å². The lowest BCUT2D eigenvalue weighted by molar-refractivity contribution is 0.245. The van der Waals surface area contributed by atoms with Crippen LogP contribution in [0.5, 0.6) is 0 Å². The summed E-state index contributed by atoms with van der Waals surface area (Å²) in [6, 6.07) is 6.73. The van der Waals surface area contributed by atoms with Crippen LogP contribution in [0.1, 0.15) is 39.3 Å². The second-order valence-corrected chi connectivity index (χ2v) is 5.78. The van der Waals surface area contributed by atoms with Crippen molar-refractivity contribution in [1.82, 2.24) is 15.2 Å². The molecular formula is C17H31N3. The van der Waals surface area contributed by atoms with Crippen LogP contribution >= 0.6 is 0 Å². The van der Waals surface area contributed by atoms with Gasteiger partial charge in [-0.2, -0.15) is 0 Å². The lowest BCUT2D eigenvalue weighted by atomic mass is 9.98. The standard InChI is InChI=1S/C17H31N3/c1-5-11-19-17(15(3)6-2)14-20(4)13-10-16-9-7-8-12-18-16/h7-9,12,15,17,19H,5-6,10-11,13-14H2,1-4H3. The van der Waals surface area contributed by atoms with E-state index < -0.39 is 0 Å². The molecule has 0 saturated carbocycles. The van der Waals surface area contributed by atoms with Gasteiger partial charge in [0.2, 0.25) is 0 Å². The Morgan fingerprint density at radius 3 is 2.70 bits per heavy atom. The van der Waals surface area contributed by atoms with Crippen LogP contribution in [-0.4, -0.2) is 42.6 Å². The van der Waals surface area contributed by atoms with Crippen LogP contribution in [0.3, 0.4) is 0 Å². The first-order valence-corrected chi connectivity index (χ1v) is 7.99. The molecule has 0 fully saturated rings. The first kappa shape index (κ1) is 17.1. The van der Waals surface area contributed by atoms with Gasteiger partial charge in [0, 0.05) is 37.4 Å². The van der Waals surface area contributed by atoms with Crippen molar-refractivity contribution in [3.63, 3.8) is 0 Å². The number of nitrogens with zero attached hydrogens (tertiary/aromatic N) is 2. The Labute approximate surface area is 124 Å². The van der Waals surface area contributed by atoms with E-state index in [2.05, 4.69) is 55.2 Å². The minimum atomic E-state index is 0.591. The van der Waals surface area contributed by atoms with E-state index in [1.54, 1.807) is 0 Å². The van der Waals surface area contributed by atoms with Gasteiger partial charge in [-0.15, -0.1) is 0 Å². The van der Waals surface area contributed by atoms with Crippen LogP contribution in [0, 0.1) is 5.92 Å². The number of hydrogen-bond acceptors (Lipinski definition) is 3. The van der Waals surface area contributed by atoms with Gasteiger partial charge in [0.05, 0.1) is 0 Å². The van der Waals surface area contributed by atoms with Crippen LogP contribution in [0.4, 0.5) is 0 Å². The summed E-state index contributed by atoms with van der Waals surface area (Å²) < 4.78 is 0. The van der Waals surface area contributed by atoms with E-state index in [4.69, 9.17) is 0 Å². The molecule has 0 aromatic carbocycles. The van der Waals surface area contributed by atoms with E-state index in [1.807, 2.05) is 12.3 Å². The molecule has 0 aliphatic heterocycles. The van der Waals surface area contributed by atoms with E-state index in [1.165, 1.54) is 18.5 Å². The molecular weight excluding hydrogens is 246 g/mol. The monoisotopic (exact) mass is 277 g/mol. The maximum absolute atomic E-state index is 4.39. The van der Waals surface area contributed by atoms with Gasteiger partial charge in [-0.3, -0.25) is 4.98 Å². The van der Waals surface area contributed by atoms with Crippen LogP contribution in [-0.2, 0) is 6.42 Å². The van der Waals surface area contributed by atoms with E-state index in [0.717, 1.165) is 32.0 Å². The van der Waals surface area contributed by atoms with Gasteiger partial charge in [-0.1, -0.05) is 33.3 Å². The highest BCUT2D eigenvalue weighted by Crippen LogP contribution is 2.09. The highest BCUT2D eigenvalue weighted by Gasteiger charge is 2.16. The Morgan fingerprint density at radius 2 is 2.10 bits per heavy atom. The van der Waals surface area contributed by atoms with Gasteiger partial charge >= 0.3 is 0 Å². The van der Waals surface area contributed by atoms with Gasteiger partial charge in [-0.05, 0) is 38.1 Å². The van der Waals surface area contributed by atoms with E-state index in [-0.39, 0.29) is 0 Å². The molecule has 2 unspecified atom stereocenters. The maximum atomic E-state index is 4.39. The van der Waals surface area contributed by atoms with Crippen molar-refractivity contribution < 1.29 is 0 Å². The number of aromatic nitrogens is 1. The highest BCUT2D eigenvalue weighted by atomic mass is 15.1. The van der Waals surface area contributed by atoms with Crippen LogP contribution in [0.15, 0.2) is 24.4 Å². The zero-order valence-corrected chi connectivity index (χ0v) is 13.6. The third-order valence-electron chi connectivity index (χ3n) is 3.97. The van der Waals surface area contributed by atoms with Gasteiger partial charge in [0.15, 0.2) is 0 Å². The van der Waals surface area contributed by atoms with Gasteiger partial charge in [-0.25, -0.2) is 0 Å². The molecule has 0 spiro atoms. The smallest absolute Gasteiger partial charge is 0.0416 e. The minimum absolute atomic E-state index is 0.591. The van der Waals surface area contributed by atoms with Crippen molar-refractivity contribution >= 4 is 0 Å². The molecule has 1 aromatic rings. The predicted octanol–water partition coefficient (Wildman–Crippen LogP) is 2.97. The molecule has 3 heteroatoms. The Kier molecular flexibility index (Phi) is 8.47. The average molecular weight is 277 g/mol. The predicted molar refractivity (Wildman–Crippen MR) is 87.0 cm³/mol. The van der Waals surface area contributed by atoms with Crippen molar-refractivity contribution in [1.29, 1.82) is 0 Å². The van der Waals surface area contributed by atoms with Crippen molar-refractivity contribution in [2.75, 3.05) is 26.7 Å². The van der Waals surface area contributed by atoms with E-state index in [0.29, 0.717) is 6.04 Å². The number of likely N-dealkylation sites (N-methyl/N-ethyl adjacent to an activating group) is 1. The molecule has 0 radical (unpaired) electrons. The van der Waals surface area contributed by atoms with Gasteiger partial charge in [0.25, 0.3) is 0 Å². The van der Waals surface area contributed by atoms with Crippen molar-refractivity contribution in [3.05, 3.63) is 30.1 Å². The van der Waals surface area contributed by atoms with E-state index >= 15 is 0 Å². The zero-order valence-electron chi connectivity index (χ0n) is 13.6. The van der Waals surface area contributed by atoms with Crippen molar-refractivity contribution in [2.45, 2.75) is 46.1 Å². The first-order valence-electron chi connectivity index (χ1n) is 7.99. The third kappa shape index (κ3) is 6.49. The average Bonchev–Trinajstić information content (AvgIpc) is 2.49. The highest BCUT2D eigenvalue weighted by molar-refractivity contribution is 5.03. The normalized spacial score (nSPS) is 14.4. The fraction of sp³-hybridized carbons (Fsp3) is 0.706. The number of pyridine rings is 1. The molecule has 0 amide bonds. The summed E-state index contributed by atoms with van der Waals surface area (Å²) in [5.41, 5.74) is 1.18.